The molecule has 1 fully saturated rings. The summed E-state index contributed by atoms with van der Waals surface area (Å²) in [7, 11) is 1.64. The number of hydrogen-bond acceptors (Lipinski definition) is 2. The number of ether oxygens (including phenoxy) is 1. The van der Waals surface area contributed by atoms with E-state index in [2.05, 4.69) is 0 Å². The van der Waals surface area contributed by atoms with Crippen molar-refractivity contribution in [2.24, 2.45) is 5.92 Å². The highest BCUT2D eigenvalue weighted by Crippen LogP contribution is 2.34. The SMILES string of the molecule is COc1ccc(C(=O)CC2CC2)cc1/C=C/c1ccc(Cl)cc1. The van der Waals surface area contributed by atoms with Crippen molar-refractivity contribution in [2.75, 3.05) is 7.11 Å². The number of rotatable bonds is 6. The summed E-state index contributed by atoms with van der Waals surface area (Å²) in [6.07, 6.45) is 6.99. The van der Waals surface area contributed by atoms with Crippen LogP contribution in [0.15, 0.2) is 42.5 Å². The zero-order valence-electron chi connectivity index (χ0n) is 13.1. The fourth-order valence-electron chi connectivity index (χ4n) is 2.50. The van der Waals surface area contributed by atoms with Crippen molar-refractivity contribution in [3.05, 3.63) is 64.2 Å². The van der Waals surface area contributed by atoms with Gasteiger partial charge < -0.3 is 4.74 Å². The number of benzene rings is 2. The lowest BCUT2D eigenvalue weighted by atomic mass is 10.0. The molecular weight excluding hydrogens is 308 g/mol. The van der Waals surface area contributed by atoms with Gasteiger partial charge in [-0.1, -0.05) is 35.9 Å². The van der Waals surface area contributed by atoms with Gasteiger partial charge in [0.05, 0.1) is 7.11 Å². The molecule has 0 heterocycles. The molecule has 0 atom stereocenters. The molecule has 0 aliphatic heterocycles. The average Bonchev–Trinajstić information content (AvgIpc) is 3.38. The molecule has 118 valence electrons. The summed E-state index contributed by atoms with van der Waals surface area (Å²) in [5, 5.41) is 0.715. The van der Waals surface area contributed by atoms with Crippen LogP contribution in [0.3, 0.4) is 0 Å². The van der Waals surface area contributed by atoms with E-state index in [-0.39, 0.29) is 5.78 Å². The molecule has 3 rings (SSSR count). The van der Waals surface area contributed by atoms with E-state index < -0.39 is 0 Å². The third-order valence-electron chi connectivity index (χ3n) is 4.05. The minimum Gasteiger partial charge on any atom is -0.496 e. The lowest BCUT2D eigenvalue weighted by molar-refractivity contribution is 0.0976. The van der Waals surface area contributed by atoms with Crippen molar-refractivity contribution < 1.29 is 9.53 Å². The molecule has 2 aromatic carbocycles. The van der Waals surface area contributed by atoms with Crippen LogP contribution in [-0.4, -0.2) is 12.9 Å². The molecule has 0 bridgehead atoms. The summed E-state index contributed by atoms with van der Waals surface area (Å²) in [6.45, 7) is 0. The lowest BCUT2D eigenvalue weighted by Crippen LogP contribution is -2.01. The molecule has 1 saturated carbocycles. The number of carbonyl (C=O) groups is 1. The highest BCUT2D eigenvalue weighted by Gasteiger charge is 2.25. The molecule has 0 amide bonds. The third-order valence-corrected chi connectivity index (χ3v) is 4.30. The molecule has 0 unspecified atom stereocenters. The van der Waals surface area contributed by atoms with Gasteiger partial charge in [0.2, 0.25) is 0 Å². The second-order valence-electron chi connectivity index (χ2n) is 5.91. The first-order chi connectivity index (χ1) is 11.2. The molecule has 1 aliphatic rings. The van der Waals surface area contributed by atoms with Gasteiger partial charge >= 0.3 is 0 Å². The Labute approximate surface area is 141 Å². The summed E-state index contributed by atoms with van der Waals surface area (Å²) in [4.78, 5) is 12.3. The minimum atomic E-state index is 0.219. The molecule has 0 radical (unpaired) electrons. The van der Waals surface area contributed by atoms with E-state index in [4.69, 9.17) is 16.3 Å². The summed E-state index contributed by atoms with van der Waals surface area (Å²) < 4.78 is 5.40. The molecule has 0 saturated heterocycles. The van der Waals surface area contributed by atoms with E-state index in [1.54, 1.807) is 7.11 Å². The van der Waals surface area contributed by atoms with Gasteiger partial charge in [-0.05, 0) is 54.7 Å². The van der Waals surface area contributed by atoms with Gasteiger partial charge in [-0.15, -0.1) is 0 Å². The number of carbonyl (C=O) groups excluding carboxylic acids is 1. The van der Waals surface area contributed by atoms with Crippen molar-refractivity contribution in [1.82, 2.24) is 0 Å². The molecule has 0 spiro atoms. The number of halogens is 1. The Morgan fingerprint density at radius 1 is 1.17 bits per heavy atom. The maximum Gasteiger partial charge on any atom is 0.163 e. The number of Topliss-reactive ketones (excluding diaryl/α,β-unsaturated/α-hetero) is 1. The van der Waals surface area contributed by atoms with E-state index in [1.165, 1.54) is 12.8 Å². The number of hydrogen-bond donors (Lipinski definition) is 0. The van der Waals surface area contributed by atoms with Crippen LogP contribution in [0.4, 0.5) is 0 Å². The first-order valence-electron chi connectivity index (χ1n) is 7.80. The number of methoxy groups -OCH3 is 1. The Balaban J connectivity index is 1.83. The van der Waals surface area contributed by atoms with Crippen LogP contribution in [0.1, 0.15) is 40.7 Å². The molecule has 0 aromatic heterocycles. The van der Waals surface area contributed by atoms with Gasteiger partial charge in [0.15, 0.2) is 5.78 Å². The second-order valence-corrected chi connectivity index (χ2v) is 6.35. The maximum absolute atomic E-state index is 12.3. The van der Waals surface area contributed by atoms with Gasteiger partial charge in [0.25, 0.3) is 0 Å². The van der Waals surface area contributed by atoms with Gasteiger partial charge in [-0.2, -0.15) is 0 Å². The van der Waals surface area contributed by atoms with Gasteiger partial charge in [-0.3, -0.25) is 4.79 Å². The first kappa shape index (κ1) is 15.8. The monoisotopic (exact) mass is 326 g/mol. The van der Waals surface area contributed by atoms with Crippen molar-refractivity contribution in [2.45, 2.75) is 19.3 Å². The Morgan fingerprint density at radius 2 is 1.91 bits per heavy atom. The fraction of sp³-hybridized carbons (Fsp3) is 0.250. The van der Waals surface area contributed by atoms with Crippen LogP contribution in [0.25, 0.3) is 12.2 Å². The predicted octanol–water partition coefficient (Wildman–Crippen LogP) is 5.50. The molecule has 2 aromatic rings. The molecule has 2 nitrogen and oxygen atoms in total. The van der Waals surface area contributed by atoms with Crippen molar-refractivity contribution >= 4 is 29.5 Å². The maximum atomic E-state index is 12.3. The molecule has 1 aliphatic carbocycles. The predicted molar refractivity (Wildman–Crippen MR) is 95.0 cm³/mol. The van der Waals surface area contributed by atoms with E-state index in [1.807, 2.05) is 54.6 Å². The van der Waals surface area contributed by atoms with Crippen LogP contribution in [0, 0.1) is 5.92 Å². The Morgan fingerprint density at radius 3 is 2.57 bits per heavy atom. The second kappa shape index (κ2) is 7.01. The van der Waals surface area contributed by atoms with E-state index in [0.717, 1.165) is 22.4 Å². The van der Waals surface area contributed by atoms with Crippen LogP contribution in [0.2, 0.25) is 5.02 Å². The van der Waals surface area contributed by atoms with E-state index in [9.17, 15) is 4.79 Å². The van der Waals surface area contributed by atoms with E-state index >= 15 is 0 Å². The summed E-state index contributed by atoms with van der Waals surface area (Å²) in [6, 6.07) is 13.2. The molecule has 23 heavy (non-hydrogen) atoms. The Kier molecular flexibility index (Phi) is 4.82. The third kappa shape index (κ3) is 4.23. The molecule has 0 N–H and O–H groups in total. The quantitative estimate of drug-likeness (QED) is 0.517. The molecular formula is C20H19ClO2. The van der Waals surface area contributed by atoms with Crippen LogP contribution < -0.4 is 4.74 Å². The smallest absolute Gasteiger partial charge is 0.163 e. The zero-order valence-corrected chi connectivity index (χ0v) is 13.8. The van der Waals surface area contributed by atoms with Gasteiger partial charge in [-0.25, -0.2) is 0 Å². The number of ketones is 1. The van der Waals surface area contributed by atoms with Crippen LogP contribution in [0.5, 0.6) is 5.75 Å². The minimum absolute atomic E-state index is 0.219. The van der Waals surface area contributed by atoms with Gasteiger partial charge in [0.1, 0.15) is 5.75 Å². The van der Waals surface area contributed by atoms with Crippen molar-refractivity contribution in [3.8, 4) is 5.75 Å². The average molecular weight is 327 g/mol. The Bertz CT molecular complexity index is 728. The highest BCUT2D eigenvalue weighted by molar-refractivity contribution is 6.30. The lowest BCUT2D eigenvalue weighted by Gasteiger charge is -2.07. The van der Waals surface area contributed by atoms with Crippen molar-refractivity contribution in [3.63, 3.8) is 0 Å². The largest absolute Gasteiger partial charge is 0.496 e. The summed E-state index contributed by atoms with van der Waals surface area (Å²) in [5.41, 5.74) is 2.71. The topological polar surface area (TPSA) is 26.3 Å². The Hall–Kier alpha value is -2.06. The van der Waals surface area contributed by atoms with Gasteiger partial charge in [0, 0.05) is 22.6 Å². The highest BCUT2D eigenvalue weighted by atomic mass is 35.5. The zero-order chi connectivity index (χ0) is 16.2. The fourth-order valence-corrected chi connectivity index (χ4v) is 2.63. The molecule has 3 heteroatoms. The van der Waals surface area contributed by atoms with Crippen LogP contribution >= 0.6 is 11.6 Å². The van der Waals surface area contributed by atoms with E-state index in [0.29, 0.717) is 17.4 Å². The summed E-state index contributed by atoms with van der Waals surface area (Å²) >= 11 is 5.90. The summed E-state index contributed by atoms with van der Waals surface area (Å²) in [5.74, 6) is 1.58. The normalized spacial score (nSPS) is 14.2. The standard InChI is InChI=1S/C20H19ClO2/c1-23-20-11-8-16(19(22)12-15-2-3-15)13-17(20)7-4-14-5-9-18(21)10-6-14/h4-11,13,15H,2-3,12H2,1H3/b7-4+. The first-order valence-corrected chi connectivity index (χ1v) is 8.18. The van der Waals surface area contributed by atoms with Crippen molar-refractivity contribution in [1.29, 1.82) is 0 Å². The van der Waals surface area contributed by atoms with Crippen LogP contribution in [-0.2, 0) is 0 Å².